The Bertz CT molecular complexity index is 760. The van der Waals surface area contributed by atoms with Gasteiger partial charge in [-0.2, -0.15) is 0 Å². The van der Waals surface area contributed by atoms with E-state index in [1.165, 1.54) is 0 Å². The minimum absolute atomic E-state index is 0.0601. The highest BCUT2D eigenvalue weighted by molar-refractivity contribution is 6.30. The summed E-state index contributed by atoms with van der Waals surface area (Å²) in [5.41, 5.74) is 2.02. The minimum atomic E-state index is -0.580. The van der Waals surface area contributed by atoms with Crippen molar-refractivity contribution in [1.82, 2.24) is 10.2 Å². The van der Waals surface area contributed by atoms with Crippen LogP contribution in [0.1, 0.15) is 24.5 Å². The van der Waals surface area contributed by atoms with E-state index in [0.717, 1.165) is 11.1 Å². The monoisotopic (exact) mass is 384 g/mol. The van der Waals surface area contributed by atoms with Crippen LogP contribution in [0.4, 0.5) is 0 Å². The van der Waals surface area contributed by atoms with Gasteiger partial charge in [-0.05, 0) is 36.6 Å². The Morgan fingerprint density at radius 2 is 1.78 bits per heavy atom. The maximum absolute atomic E-state index is 12.9. The molecule has 142 valence electrons. The molecule has 0 aliphatic rings. The second-order valence-electron chi connectivity index (χ2n) is 6.34. The Morgan fingerprint density at radius 3 is 2.41 bits per heavy atom. The molecular weight excluding hydrogens is 360 g/mol. The largest absolute Gasteiger partial charge is 0.351 e. The van der Waals surface area contributed by atoms with Gasteiger partial charge in [0.2, 0.25) is 11.8 Å². The van der Waals surface area contributed by atoms with E-state index in [2.05, 4.69) is 11.9 Å². The standard InChI is InChI=1S/C22H25ClN2O2/c1-3-15-24-22(27)17(2)25(16-19-9-12-20(23)13-10-19)21(26)14-11-18-7-5-4-6-8-18/h3-10,12-13,17H,1,11,14-16H2,2H3,(H,24,27)/t17-/m0/s1. The fourth-order valence-electron chi connectivity index (χ4n) is 2.73. The number of rotatable bonds is 9. The number of hydrogen-bond donors (Lipinski definition) is 1. The third kappa shape index (κ3) is 6.57. The number of nitrogens with one attached hydrogen (secondary N) is 1. The molecular formula is C22H25ClN2O2. The van der Waals surface area contributed by atoms with Gasteiger partial charge in [-0.3, -0.25) is 9.59 Å². The Balaban J connectivity index is 2.11. The molecule has 0 spiro atoms. The topological polar surface area (TPSA) is 49.4 Å². The molecule has 0 aromatic heterocycles. The van der Waals surface area contributed by atoms with E-state index in [1.807, 2.05) is 42.5 Å². The van der Waals surface area contributed by atoms with Crippen molar-refractivity contribution < 1.29 is 9.59 Å². The molecule has 0 heterocycles. The normalized spacial score (nSPS) is 11.5. The molecule has 0 saturated carbocycles. The van der Waals surface area contributed by atoms with Gasteiger partial charge in [0.15, 0.2) is 0 Å². The highest BCUT2D eigenvalue weighted by Crippen LogP contribution is 2.15. The number of carbonyl (C=O) groups excluding carboxylic acids is 2. The van der Waals surface area contributed by atoms with Crippen LogP contribution in [0.3, 0.4) is 0 Å². The van der Waals surface area contributed by atoms with Crippen molar-refractivity contribution in [2.75, 3.05) is 6.54 Å². The number of benzene rings is 2. The van der Waals surface area contributed by atoms with Crippen molar-refractivity contribution in [3.05, 3.63) is 83.4 Å². The summed E-state index contributed by atoms with van der Waals surface area (Å²) in [5, 5.41) is 3.40. The lowest BCUT2D eigenvalue weighted by molar-refractivity contribution is -0.140. The first kappa shape index (κ1) is 20.7. The molecule has 0 aliphatic carbocycles. The van der Waals surface area contributed by atoms with Crippen LogP contribution >= 0.6 is 11.6 Å². The molecule has 5 heteroatoms. The Labute approximate surface area is 165 Å². The third-order valence-electron chi connectivity index (χ3n) is 4.32. The first-order chi connectivity index (χ1) is 13.0. The van der Waals surface area contributed by atoms with Gasteiger partial charge in [-0.15, -0.1) is 6.58 Å². The van der Waals surface area contributed by atoms with Crippen LogP contribution < -0.4 is 5.32 Å². The van der Waals surface area contributed by atoms with Gasteiger partial charge in [0.05, 0.1) is 0 Å². The van der Waals surface area contributed by atoms with Crippen LogP contribution in [-0.4, -0.2) is 29.3 Å². The fourth-order valence-corrected chi connectivity index (χ4v) is 2.86. The molecule has 0 radical (unpaired) electrons. The van der Waals surface area contributed by atoms with Crippen LogP contribution in [0.5, 0.6) is 0 Å². The molecule has 2 aromatic carbocycles. The van der Waals surface area contributed by atoms with Crippen LogP contribution in [-0.2, 0) is 22.6 Å². The molecule has 1 N–H and O–H groups in total. The van der Waals surface area contributed by atoms with E-state index in [1.54, 1.807) is 30.0 Å². The molecule has 0 fully saturated rings. The second-order valence-corrected chi connectivity index (χ2v) is 6.78. The highest BCUT2D eigenvalue weighted by Gasteiger charge is 2.25. The molecule has 0 saturated heterocycles. The molecule has 2 aromatic rings. The van der Waals surface area contributed by atoms with E-state index in [4.69, 9.17) is 11.6 Å². The van der Waals surface area contributed by atoms with Crippen LogP contribution in [0.15, 0.2) is 67.3 Å². The zero-order valence-corrected chi connectivity index (χ0v) is 16.3. The SMILES string of the molecule is C=CCNC(=O)[C@H](C)N(Cc1ccc(Cl)cc1)C(=O)CCc1ccccc1. The maximum Gasteiger partial charge on any atom is 0.242 e. The summed E-state index contributed by atoms with van der Waals surface area (Å²) < 4.78 is 0. The minimum Gasteiger partial charge on any atom is -0.351 e. The second kappa shape index (κ2) is 10.5. The molecule has 2 rings (SSSR count). The van der Waals surface area contributed by atoms with Gasteiger partial charge in [0.25, 0.3) is 0 Å². The average molecular weight is 385 g/mol. The molecule has 2 amide bonds. The third-order valence-corrected chi connectivity index (χ3v) is 4.58. The number of hydrogen-bond acceptors (Lipinski definition) is 2. The zero-order valence-electron chi connectivity index (χ0n) is 15.5. The van der Waals surface area contributed by atoms with Gasteiger partial charge < -0.3 is 10.2 Å². The summed E-state index contributed by atoms with van der Waals surface area (Å²) in [6.45, 7) is 6.07. The van der Waals surface area contributed by atoms with E-state index in [0.29, 0.717) is 31.0 Å². The summed E-state index contributed by atoms with van der Waals surface area (Å²) in [5.74, 6) is -0.257. The van der Waals surface area contributed by atoms with Crippen molar-refractivity contribution in [2.45, 2.75) is 32.4 Å². The van der Waals surface area contributed by atoms with Gasteiger partial charge in [-0.25, -0.2) is 0 Å². The lowest BCUT2D eigenvalue weighted by Crippen LogP contribution is -2.47. The summed E-state index contributed by atoms with van der Waals surface area (Å²) in [4.78, 5) is 26.9. The van der Waals surface area contributed by atoms with Crippen LogP contribution in [0.2, 0.25) is 5.02 Å². The van der Waals surface area contributed by atoms with Crippen molar-refractivity contribution in [3.8, 4) is 0 Å². The summed E-state index contributed by atoms with van der Waals surface area (Å²) in [6.07, 6.45) is 2.60. The Hall–Kier alpha value is -2.59. The van der Waals surface area contributed by atoms with Gasteiger partial charge >= 0.3 is 0 Å². The van der Waals surface area contributed by atoms with Crippen molar-refractivity contribution in [3.63, 3.8) is 0 Å². The number of aryl methyl sites for hydroxylation is 1. The summed E-state index contributed by atoms with van der Waals surface area (Å²) >= 11 is 5.94. The average Bonchev–Trinajstić information content (AvgIpc) is 2.70. The van der Waals surface area contributed by atoms with Crippen molar-refractivity contribution >= 4 is 23.4 Å². The molecule has 0 unspecified atom stereocenters. The number of amides is 2. The summed E-state index contributed by atoms with van der Waals surface area (Å²) in [6, 6.07) is 16.6. The van der Waals surface area contributed by atoms with E-state index in [-0.39, 0.29) is 11.8 Å². The predicted molar refractivity (Wildman–Crippen MR) is 109 cm³/mol. The maximum atomic E-state index is 12.9. The fraction of sp³-hybridized carbons (Fsp3) is 0.273. The number of carbonyl (C=O) groups is 2. The lowest BCUT2D eigenvalue weighted by Gasteiger charge is -2.29. The zero-order chi connectivity index (χ0) is 19.6. The van der Waals surface area contributed by atoms with Gasteiger partial charge in [-0.1, -0.05) is 60.1 Å². The quantitative estimate of drug-likeness (QED) is 0.664. The Kier molecular flexibility index (Phi) is 8.08. The lowest BCUT2D eigenvalue weighted by atomic mass is 10.1. The summed E-state index contributed by atoms with van der Waals surface area (Å²) in [7, 11) is 0. The molecule has 4 nitrogen and oxygen atoms in total. The molecule has 0 bridgehead atoms. The van der Waals surface area contributed by atoms with Gasteiger partial charge in [0, 0.05) is 24.5 Å². The smallest absolute Gasteiger partial charge is 0.242 e. The first-order valence-corrected chi connectivity index (χ1v) is 9.35. The van der Waals surface area contributed by atoms with E-state index < -0.39 is 6.04 Å². The van der Waals surface area contributed by atoms with Crippen molar-refractivity contribution in [2.24, 2.45) is 0 Å². The Morgan fingerprint density at radius 1 is 1.11 bits per heavy atom. The molecule has 1 atom stereocenters. The molecule has 27 heavy (non-hydrogen) atoms. The van der Waals surface area contributed by atoms with Crippen molar-refractivity contribution in [1.29, 1.82) is 0 Å². The van der Waals surface area contributed by atoms with Crippen LogP contribution in [0.25, 0.3) is 0 Å². The molecule has 0 aliphatic heterocycles. The van der Waals surface area contributed by atoms with Gasteiger partial charge in [0.1, 0.15) is 6.04 Å². The number of halogens is 1. The highest BCUT2D eigenvalue weighted by atomic mass is 35.5. The van der Waals surface area contributed by atoms with E-state index in [9.17, 15) is 9.59 Å². The predicted octanol–water partition coefficient (Wildman–Crippen LogP) is 3.99. The number of nitrogens with zero attached hydrogens (tertiary/aromatic N) is 1. The first-order valence-electron chi connectivity index (χ1n) is 8.97. The van der Waals surface area contributed by atoms with E-state index >= 15 is 0 Å². The van der Waals surface area contributed by atoms with Crippen LogP contribution in [0, 0.1) is 0 Å².